The summed E-state index contributed by atoms with van der Waals surface area (Å²) in [7, 11) is 0. The molecule has 0 spiro atoms. The summed E-state index contributed by atoms with van der Waals surface area (Å²) in [5.41, 5.74) is 2.18. The van der Waals surface area contributed by atoms with E-state index in [1.807, 2.05) is 17.0 Å². The molecule has 3 rings (SSSR count). The van der Waals surface area contributed by atoms with Gasteiger partial charge in [0.25, 0.3) is 5.56 Å². The van der Waals surface area contributed by atoms with E-state index in [2.05, 4.69) is 6.07 Å². The Balaban J connectivity index is 1.66. The number of fused-ring (bicyclic) bond motifs is 1. The van der Waals surface area contributed by atoms with Crippen molar-refractivity contribution in [3.63, 3.8) is 0 Å². The number of hydrogen-bond donors (Lipinski definition) is 0. The van der Waals surface area contributed by atoms with E-state index in [1.54, 1.807) is 22.9 Å². The van der Waals surface area contributed by atoms with E-state index in [0.29, 0.717) is 31.1 Å². The first-order chi connectivity index (χ1) is 10.6. The van der Waals surface area contributed by atoms with Crippen LogP contribution >= 0.6 is 11.6 Å². The Morgan fingerprint density at radius 3 is 2.86 bits per heavy atom. The van der Waals surface area contributed by atoms with E-state index in [1.165, 1.54) is 11.6 Å². The highest BCUT2D eigenvalue weighted by atomic mass is 35.5. The maximum atomic E-state index is 12.4. The molecule has 0 saturated carbocycles. The molecular weight excluding hydrogens is 300 g/mol. The highest BCUT2D eigenvalue weighted by molar-refractivity contribution is 6.31. The van der Waals surface area contributed by atoms with Gasteiger partial charge in [-0.2, -0.15) is 0 Å². The standard InChI is InChI=1S/C17H17ClN2O2/c18-15-5-3-4-13-7-10-20(12-14(13)15)17(22)8-11-19-9-2-1-6-16(19)21/h1-6,9H,7-8,10-12H2. The van der Waals surface area contributed by atoms with Crippen LogP contribution in [-0.2, 0) is 24.3 Å². The molecule has 5 heteroatoms. The van der Waals surface area contributed by atoms with Gasteiger partial charge in [0, 0.05) is 43.3 Å². The number of halogens is 1. The fourth-order valence-electron chi connectivity index (χ4n) is 2.77. The zero-order valence-electron chi connectivity index (χ0n) is 12.2. The average molecular weight is 317 g/mol. The van der Waals surface area contributed by atoms with Crippen molar-refractivity contribution in [3.8, 4) is 0 Å². The van der Waals surface area contributed by atoms with E-state index in [9.17, 15) is 9.59 Å². The number of aryl methyl sites for hydroxylation is 1. The van der Waals surface area contributed by atoms with Gasteiger partial charge in [-0.15, -0.1) is 0 Å². The second kappa shape index (κ2) is 6.36. The molecule has 0 unspecified atom stereocenters. The lowest BCUT2D eigenvalue weighted by molar-refractivity contribution is -0.132. The van der Waals surface area contributed by atoms with E-state index in [0.717, 1.165) is 12.0 Å². The van der Waals surface area contributed by atoms with Crippen molar-refractivity contribution in [2.45, 2.75) is 25.9 Å². The fraction of sp³-hybridized carbons (Fsp3) is 0.294. The third-order valence-corrected chi connectivity index (χ3v) is 4.39. The van der Waals surface area contributed by atoms with Gasteiger partial charge in [-0.25, -0.2) is 0 Å². The molecule has 0 saturated heterocycles. The van der Waals surface area contributed by atoms with Crippen molar-refractivity contribution in [3.05, 3.63) is 69.1 Å². The number of benzene rings is 1. The summed E-state index contributed by atoms with van der Waals surface area (Å²) in [5, 5.41) is 0.717. The second-order valence-corrected chi connectivity index (χ2v) is 5.83. The van der Waals surface area contributed by atoms with Crippen LogP contribution in [0.4, 0.5) is 0 Å². The molecule has 1 aromatic heterocycles. The number of aromatic nitrogens is 1. The lowest BCUT2D eigenvalue weighted by Crippen LogP contribution is -2.37. The summed E-state index contributed by atoms with van der Waals surface area (Å²) in [6, 6.07) is 10.9. The van der Waals surface area contributed by atoms with E-state index in [4.69, 9.17) is 11.6 Å². The molecule has 4 nitrogen and oxygen atoms in total. The summed E-state index contributed by atoms with van der Waals surface area (Å²) >= 11 is 6.22. The SMILES string of the molecule is O=C(CCn1ccccc1=O)N1CCc2cccc(Cl)c2C1. The summed E-state index contributed by atoms with van der Waals surface area (Å²) in [4.78, 5) is 25.8. The monoisotopic (exact) mass is 316 g/mol. The van der Waals surface area contributed by atoms with Crippen LogP contribution in [0.25, 0.3) is 0 Å². The number of pyridine rings is 1. The van der Waals surface area contributed by atoms with Gasteiger partial charge in [-0.1, -0.05) is 29.8 Å². The maximum absolute atomic E-state index is 12.4. The van der Waals surface area contributed by atoms with Gasteiger partial charge in [0.15, 0.2) is 0 Å². The Morgan fingerprint density at radius 1 is 1.18 bits per heavy atom. The summed E-state index contributed by atoms with van der Waals surface area (Å²) < 4.78 is 1.56. The Labute approximate surface area is 133 Å². The van der Waals surface area contributed by atoms with Gasteiger partial charge in [0.2, 0.25) is 5.91 Å². The topological polar surface area (TPSA) is 42.3 Å². The normalized spacial score (nSPS) is 13.8. The Bertz CT molecular complexity index is 754. The fourth-order valence-corrected chi connectivity index (χ4v) is 3.03. The molecule has 0 atom stereocenters. The van der Waals surface area contributed by atoms with Crippen molar-refractivity contribution in [2.75, 3.05) is 6.54 Å². The molecule has 114 valence electrons. The van der Waals surface area contributed by atoms with Gasteiger partial charge in [0.05, 0.1) is 0 Å². The highest BCUT2D eigenvalue weighted by Crippen LogP contribution is 2.26. The minimum absolute atomic E-state index is 0.0568. The molecule has 2 heterocycles. The zero-order chi connectivity index (χ0) is 15.5. The molecule has 0 radical (unpaired) electrons. The summed E-state index contributed by atoms with van der Waals surface area (Å²) in [5.74, 6) is 0.0568. The van der Waals surface area contributed by atoms with Crippen molar-refractivity contribution in [1.29, 1.82) is 0 Å². The van der Waals surface area contributed by atoms with Crippen LogP contribution in [0.3, 0.4) is 0 Å². The van der Waals surface area contributed by atoms with Crippen LogP contribution in [0, 0.1) is 0 Å². The minimum Gasteiger partial charge on any atom is -0.338 e. The van der Waals surface area contributed by atoms with Crippen LogP contribution in [0.2, 0.25) is 5.02 Å². The average Bonchev–Trinajstić information content (AvgIpc) is 2.54. The number of rotatable bonds is 3. The molecule has 1 aromatic carbocycles. The predicted molar refractivity (Wildman–Crippen MR) is 85.9 cm³/mol. The lowest BCUT2D eigenvalue weighted by atomic mass is 9.99. The quantitative estimate of drug-likeness (QED) is 0.873. The summed E-state index contributed by atoms with van der Waals surface area (Å²) in [6.07, 6.45) is 2.86. The minimum atomic E-state index is -0.0812. The molecule has 0 bridgehead atoms. The smallest absolute Gasteiger partial charge is 0.250 e. The third-order valence-electron chi connectivity index (χ3n) is 4.03. The van der Waals surface area contributed by atoms with E-state index < -0.39 is 0 Å². The van der Waals surface area contributed by atoms with Crippen molar-refractivity contribution >= 4 is 17.5 Å². The van der Waals surface area contributed by atoms with Gasteiger partial charge < -0.3 is 9.47 Å². The maximum Gasteiger partial charge on any atom is 0.250 e. The van der Waals surface area contributed by atoms with Gasteiger partial charge in [0.1, 0.15) is 0 Å². The van der Waals surface area contributed by atoms with Crippen molar-refractivity contribution in [1.82, 2.24) is 9.47 Å². The number of hydrogen-bond acceptors (Lipinski definition) is 2. The van der Waals surface area contributed by atoms with Crippen molar-refractivity contribution < 1.29 is 4.79 Å². The van der Waals surface area contributed by atoms with Crippen molar-refractivity contribution in [2.24, 2.45) is 0 Å². The molecular formula is C17H17ClN2O2. The van der Waals surface area contributed by atoms with E-state index in [-0.39, 0.29) is 11.5 Å². The molecule has 1 aliphatic rings. The highest BCUT2D eigenvalue weighted by Gasteiger charge is 2.21. The molecule has 2 aromatic rings. The molecule has 1 aliphatic heterocycles. The van der Waals surface area contributed by atoms with E-state index >= 15 is 0 Å². The second-order valence-electron chi connectivity index (χ2n) is 5.43. The van der Waals surface area contributed by atoms with Crippen LogP contribution < -0.4 is 5.56 Å². The van der Waals surface area contributed by atoms with Crippen LogP contribution in [-0.4, -0.2) is 21.9 Å². The predicted octanol–water partition coefficient (Wildman–Crippen LogP) is 2.48. The van der Waals surface area contributed by atoms with Gasteiger partial charge in [-0.05, 0) is 29.7 Å². The Hall–Kier alpha value is -2.07. The van der Waals surface area contributed by atoms with Crippen LogP contribution in [0.15, 0.2) is 47.4 Å². The molecule has 0 aliphatic carbocycles. The molecule has 0 fully saturated rings. The number of carbonyl (C=O) groups is 1. The summed E-state index contributed by atoms with van der Waals surface area (Å²) in [6.45, 7) is 1.66. The number of nitrogens with zero attached hydrogens (tertiary/aromatic N) is 2. The van der Waals surface area contributed by atoms with Gasteiger partial charge >= 0.3 is 0 Å². The number of amides is 1. The Morgan fingerprint density at radius 2 is 2.05 bits per heavy atom. The first-order valence-corrected chi connectivity index (χ1v) is 7.72. The van der Waals surface area contributed by atoms with Gasteiger partial charge in [-0.3, -0.25) is 9.59 Å². The zero-order valence-corrected chi connectivity index (χ0v) is 12.9. The molecule has 1 amide bonds. The third kappa shape index (κ3) is 3.07. The van der Waals surface area contributed by atoms with Crippen LogP contribution in [0.5, 0.6) is 0 Å². The largest absolute Gasteiger partial charge is 0.338 e. The molecule has 22 heavy (non-hydrogen) atoms. The lowest BCUT2D eigenvalue weighted by Gasteiger charge is -2.29. The molecule has 0 N–H and O–H groups in total. The first-order valence-electron chi connectivity index (χ1n) is 7.34. The first kappa shape index (κ1) is 14.9. The number of carbonyl (C=O) groups excluding carboxylic acids is 1. The Kier molecular flexibility index (Phi) is 4.29. The van der Waals surface area contributed by atoms with Crippen LogP contribution in [0.1, 0.15) is 17.5 Å².